The van der Waals surface area contributed by atoms with Gasteiger partial charge in [0.1, 0.15) is 11.6 Å². The molecule has 0 spiro atoms. The fourth-order valence-electron chi connectivity index (χ4n) is 1.68. The quantitative estimate of drug-likeness (QED) is 0.815. The van der Waals surface area contributed by atoms with Crippen LogP contribution >= 0.6 is 15.9 Å². The topological polar surface area (TPSA) is 55.1 Å². The lowest BCUT2D eigenvalue weighted by atomic mass is 10.1. The summed E-state index contributed by atoms with van der Waals surface area (Å²) in [6.45, 7) is 1.44. The molecule has 3 nitrogen and oxygen atoms in total. The number of rotatable bonds is 2. The van der Waals surface area contributed by atoms with E-state index in [2.05, 4.69) is 21.2 Å². The Morgan fingerprint density at radius 3 is 2.50 bits per heavy atom. The van der Waals surface area contributed by atoms with Crippen LogP contribution in [0.1, 0.15) is 15.9 Å². The number of nitrogen functional groups attached to an aromatic ring is 1. The van der Waals surface area contributed by atoms with Gasteiger partial charge in [0.15, 0.2) is 0 Å². The van der Waals surface area contributed by atoms with Crippen molar-refractivity contribution in [3.63, 3.8) is 0 Å². The molecule has 0 atom stereocenters. The molecule has 6 heteroatoms. The van der Waals surface area contributed by atoms with Gasteiger partial charge < -0.3 is 11.1 Å². The van der Waals surface area contributed by atoms with Gasteiger partial charge in [-0.2, -0.15) is 0 Å². The number of carbonyl (C=O) groups is 1. The van der Waals surface area contributed by atoms with Gasteiger partial charge in [-0.3, -0.25) is 4.79 Å². The summed E-state index contributed by atoms with van der Waals surface area (Å²) in [6.07, 6.45) is 0. The third kappa shape index (κ3) is 3.14. The van der Waals surface area contributed by atoms with E-state index in [1.165, 1.54) is 19.1 Å². The van der Waals surface area contributed by atoms with Crippen LogP contribution in [-0.2, 0) is 0 Å². The molecule has 0 aromatic heterocycles. The van der Waals surface area contributed by atoms with Gasteiger partial charge in [0, 0.05) is 21.8 Å². The zero-order chi connectivity index (χ0) is 14.9. The van der Waals surface area contributed by atoms with Gasteiger partial charge in [0.25, 0.3) is 5.91 Å². The van der Waals surface area contributed by atoms with Crippen molar-refractivity contribution in [3.05, 3.63) is 57.6 Å². The minimum Gasteiger partial charge on any atom is -0.399 e. The molecule has 0 saturated carbocycles. The van der Waals surface area contributed by atoms with E-state index in [0.29, 0.717) is 10.2 Å². The van der Waals surface area contributed by atoms with E-state index in [1.54, 1.807) is 6.07 Å². The largest absolute Gasteiger partial charge is 0.399 e. The summed E-state index contributed by atoms with van der Waals surface area (Å²) in [7, 11) is 0. The van der Waals surface area contributed by atoms with Gasteiger partial charge in [-0.1, -0.05) is 15.9 Å². The summed E-state index contributed by atoms with van der Waals surface area (Å²) < 4.78 is 27.7. The lowest BCUT2D eigenvalue weighted by Gasteiger charge is -2.09. The molecular formula is C14H11BrF2N2O. The first-order chi connectivity index (χ1) is 9.36. The van der Waals surface area contributed by atoms with Gasteiger partial charge in [-0.25, -0.2) is 8.78 Å². The number of nitrogens with one attached hydrogen (secondary N) is 1. The van der Waals surface area contributed by atoms with Crippen molar-refractivity contribution in [1.82, 2.24) is 0 Å². The van der Waals surface area contributed by atoms with E-state index in [0.717, 1.165) is 12.1 Å². The van der Waals surface area contributed by atoms with Crippen LogP contribution in [0.4, 0.5) is 20.2 Å². The first-order valence-electron chi connectivity index (χ1n) is 5.70. The van der Waals surface area contributed by atoms with Crippen molar-refractivity contribution >= 4 is 33.2 Å². The Kier molecular flexibility index (Phi) is 4.04. The van der Waals surface area contributed by atoms with Crippen molar-refractivity contribution < 1.29 is 13.6 Å². The van der Waals surface area contributed by atoms with Crippen molar-refractivity contribution in [2.75, 3.05) is 11.1 Å². The van der Waals surface area contributed by atoms with E-state index < -0.39 is 17.5 Å². The Labute approximate surface area is 122 Å². The number of aryl methyl sites for hydroxylation is 1. The first kappa shape index (κ1) is 14.5. The summed E-state index contributed by atoms with van der Waals surface area (Å²) in [5, 5.41) is 2.32. The second kappa shape index (κ2) is 5.58. The predicted octanol–water partition coefficient (Wildman–Crippen LogP) is 3.87. The predicted molar refractivity (Wildman–Crippen MR) is 77.6 cm³/mol. The van der Waals surface area contributed by atoms with Crippen LogP contribution < -0.4 is 11.1 Å². The molecule has 2 aromatic carbocycles. The molecule has 0 aliphatic heterocycles. The number of amides is 1. The summed E-state index contributed by atoms with van der Waals surface area (Å²) in [5.74, 6) is -1.85. The van der Waals surface area contributed by atoms with Crippen molar-refractivity contribution in [2.45, 2.75) is 6.92 Å². The summed E-state index contributed by atoms with van der Waals surface area (Å²) in [5.41, 5.74) is 6.22. The fourth-order valence-corrected chi connectivity index (χ4v) is 2.19. The lowest BCUT2D eigenvalue weighted by molar-refractivity contribution is 0.102. The Hall–Kier alpha value is -1.95. The van der Waals surface area contributed by atoms with E-state index in [1.807, 2.05) is 0 Å². The molecular weight excluding hydrogens is 330 g/mol. The van der Waals surface area contributed by atoms with Crippen LogP contribution in [-0.4, -0.2) is 5.91 Å². The van der Waals surface area contributed by atoms with E-state index >= 15 is 0 Å². The summed E-state index contributed by atoms with van der Waals surface area (Å²) >= 11 is 3.21. The molecule has 20 heavy (non-hydrogen) atoms. The Bertz CT molecular complexity index is 669. The van der Waals surface area contributed by atoms with E-state index in [-0.39, 0.29) is 16.8 Å². The van der Waals surface area contributed by atoms with Gasteiger partial charge in [0.2, 0.25) is 0 Å². The van der Waals surface area contributed by atoms with Crippen LogP contribution in [0.2, 0.25) is 0 Å². The number of benzene rings is 2. The Morgan fingerprint density at radius 1 is 1.15 bits per heavy atom. The molecule has 0 heterocycles. The second-order valence-electron chi connectivity index (χ2n) is 4.31. The average Bonchev–Trinajstić information content (AvgIpc) is 2.34. The zero-order valence-corrected chi connectivity index (χ0v) is 12.1. The molecule has 0 bridgehead atoms. The minimum atomic E-state index is -0.694. The molecule has 0 unspecified atom stereocenters. The molecule has 104 valence electrons. The number of halogens is 3. The highest BCUT2D eigenvalue weighted by Crippen LogP contribution is 2.21. The molecule has 2 aromatic rings. The highest BCUT2D eigenvalue weighted by molar-refractivity contribution is 9.10. The van der Waals surface area contributed by atoms with Crippen molar-refractivity contribution in [1.29, 1.82) is 0 Å². The van der Waals surface area contributed by atoms with Crippen LogP contribution in [0.5, 0.6) is 0 Å². The van der Waals surface area contributed by atoms with Gasteiger partial charge in [-0.15, -0.1) is 0 Å². The fraction of sp³-hybridized carbons (Fsp3) is 0.0714. The number of carbonyl (C=O) groups excluding carboxylic acids is 1. The van der Waals surface area contributed by atoms with Crippen LogP contribution in [0.3, 0.4) is 0 Å². The van der Waals surface area contributed by atoms with E-state index in [4.69, 9.17) is 5.73 Å². The molecule has 0 saturated heterocycles. The Balaban J connectivity index is 2.30. The third-order valence-corrected chi connectivity index (χ3v) is 3.14. The monoisotopic (exact) mass is 340 g/mol. The normalized spacial score (nSPS) is 10.4. The number of hydrogen-bond donors (Lipinski definition) is 2. The summed E-state index contributed by atoms with van der Waals surface area (Å²) in [6, 6.07) is 6.59. The highest BCUT2D eigenvalue weighted by Gasteiger charge is 2.12. The number of nitrogens with two attached hydrogens (primary N) is 1. The van der Waals surface area contributed by atoms with E-state index in [9.17, 15) is 13.6 Å². The van der Waals surface area contributed by atoms with Gasteiger partial charge in [0.05, 0.1) is 5.69 Å². The molecule has 0 aliphatic carbocycles. The number of anilines is 2. The maximum Gasteiger partial charge on any atom is 0.255 e. The van der Waals surface area contributed by atoms with Crippen molar-refractivity contribution in [2.24, 2.45) is 0 Å². The minimum absolute atomic E-state index is 0.173. The maximum atomic E-state index is 13.6. The smallest absolute Gasteiger partial charge is 0.255 e. The maximum absolute atomic E-state index is 13.6. The third-order valence-electron chi connectivity index (χ3n) is 2.68. The number of hydrogen-bond acceptors (Lipinski definition) is 2. The highest BCUT2D eigenvalue weighted by atomic mass is 79.9. The van der Waals surface area contributed by atoms with Crippen molar-refractivity contribution in [3.8, 4) is 0 Å². The molecule has 3 N–H and O–H groups in total. The van der Waals surface area contributed by atoms with Gasteiger partial charge >= 0.3 is 0 Å². The summed E-state index contributed by atoms with van der Waals surface area (Å²) in [4.78, 5) is 12.0. The van der Waals surface area contributed by atoms with Crippen LogP contribution in [0.25, 0.3) is 0 Å². The van der Waals surface area contributed by atoms with Gasteiger partial charge in [-0.05, 0) is 36.8 Å². The lowest BCUT2D eigenvalue weighted by Crippen LogP contribution is -2.14. The van der Waals surface area contributed by atoms with Crippen LogP contribution in [0.15, 0.2) is 34.8 Å². The zero-order valence-electron chi connectivity index (χ0n) is 10.5. The molecule has 0 fully saturated rings. The molecule has 1 amide bonds. The SMILES string of the molecule is Cc1cc(F)c(NC(=O)c2cc(N)cc(Br)c2)cc1F. The molecule has 0 aliphatic rings. The standard InChI is InChI=1S/C14H11BrF2N2O/c1-7-2-12(17)13(6-11(7)16)19-14(20)8-3-9(15)5-10(18)4-8/h2-6H,18H2,1H3,(H,19,20). The molecule has 0 radical (unpaired) electrons. The second-order valence-corrected chi connectivity index (χ2v) is 5.22. The van der Waals surface area contributed by atoms with Crippen LogP contribution in [0, 0.1) is 18.6 Å². The Morgan fingerprint density at radius 2 is 1.85 bits per heavy atom. The average molecular weight is 341 g/mol. The first-order valence-corrected chi connectivity index (χ1v) is 6.49. The molecule has 2 rings (SSSR count).